The molecule has 23 heavy (non-hydrogen) atoms. The van der Waals surface area contributed by atoms with Crippen LogP contribution in [0, 0.1) is 17.2 Å². The van der Waals surface area contributed by atoms with Crippen LogP contribution in [-0.4, -0.2) is 13.0 Å². The van der Waals surface area contributed by atoms with E-state index in [1.807, 2.05) is 18.2 Å². The predicted molar refractivity (Wildman–Crippen MR) is 90.0 cm³/mol. The highest BCUT2D eigenvalue weighted by Crippen LogP contribution is 2.40. The van der Waals surface area contributed by atoms with Crippen molar-refractivity contribution >= 4 is 22.6 Å². The number of benzene rings is 1. The number of rotatable bonds is 2. The highest BCUT2D eigenvalue weighted by molar-refractivity contribution is 7.16. The van der Waals surface area contributed by atoms with Gasteiger partial charge < -0.3 is 9.47 Å². The number of nitriles is 1. The van der Waals surface area contributed by atoms with Crippen molar-refractivity contribution < 1.29 is 9.47 Å². The number of hydrogen-bond acceptors (Lipinski definition) is 5. The van der Waals surface area contributed by atoms with Crippen molar-refractivity contribution in [2.24, 2.45) is 10.9 Å². The van der Waals surface area contributed by atoms with Gasteiger partial charge in [0.15, 0.2) is 11.5 Å². The van der Waals surface area contributed by atoms with E-state index in [2.05, 4.69) is 18.0 Å². The average Bonchev–Trinajstić information content (AvgIpc) is 3.15. The van der Waals surface area contributed by atoms with Crippen molar-refractivity contribution in [1.82, 2.24) is 0 Å². The van der Waals surface area contributed by atoms with Crippen molar-refractivity contribution in [1.29, 1.82) is 5.26 Å². The first-order chi connectivity index (χ1) is 11.2. The van der Waals surface area contributed by atoms with E-state index < -0.39 is 0 Å². The van der Waals surface area contributed by atoms with E-state index in [0.717, 1.165) is 46.9 Å². The second-order valence-electron chi connectivity index (χ2n) is 6.01. The average molecular weight is 324 g/mol. The fourth-order valence-electron chi connectivity index (χ4n) is 3.07. The molecule has 1 unspecified atom stereocenters. The first-order valence-electron chi connectivity index (χ1n) is 7.73. The van der Waals surface area contributed by atoms with E-state index in [1.54, 1.807) is 17.6 Å². The lowest BCUT2D eigenvalue weighted by atomic mass is 9.89. The largest absolute Gasteiger partial charge is 0.454 e. The maximum absolute atomic E-state index is 9.50. The molecule has 2 heterocycles. The molecule has 0 radical (unpaired) electrons. The monoisotopic (exact) mass is 324 g/mol. The molecular formula is C18H16N2O2S. The molecule has 1 aromatic carbocycles. The predicted octanol–water partition coefficient (Wildman–Crippen LogP) is 4.22. The number of thiophene rings is 1. The summed E-state index contributed by atoms with van der Waals surface area (Å²) in [6.07, 6.45) is 5.01. The van der Waals surface area contributed by atoms with Crippen LogP contribution in [0.1, 0.15) is 34.9 Å². The lowest BCUT2D eigenvalue weighted by Gasteiger charge is -2.17. The highest BCUT2D eigenvalue weighted by atomic mass is 32.1. The Morgan fingerprint density at radius 2 is 2.22 bits per heavy atom. The molecule has 0 bridgehead atoms. The van der Waals surface area contributed by atoms with Gasteiger partial charge in [0.25, 0.3) is 0 Å². The Balaban J connectivity index is 1.65. The fourth-order valence-corrected chi connectivity index (χ4v) is 4.37. The lowest BCUT2D eigenvalue weighted by molar-refractivity contribution is 0.174. The van der Waals surface area contributed by atoms with Gasteiger partial charge >= 0.3 is 0 Å². The first-order valence-corrected chi connectivity index (χ1v) is 8.54. The molecule has 4 rings (SSSR count). The van der Waals surface area contributed by atoms with Gasteiger partial charge in [-0.3, -0.25) is 0 Å². The highest BCUT2D eigenvalue weighted by Gasteiger charge is 2.23. The van der Waals surface area contributed by atoms with Gasteiger partial charge in [-0.05, 0) is 54.5 Å². The molecule has 0 N–H and O–H groups in total. The van der Waals surface area contributed by atoms with E-state index >= 15 is 0 Å². The minimum atomic E-state index is 0.268. The number of hydrogen-bond donors (Lipinski definition) is 0. The lowest BCUT2D eigenvalue weighted by Crippen LogP contribution is -2.09. The Labute approximate surface area is 139 Å². The Morgan fingerprint density at radius 3 is 3.09 bits per heavy atom. The maximum atomic E-state index is 9.50. The first kappa shape index (κ1) is 14.3. The molecule has 0 saturated carbocycles. The van der Waals surface area contributed by atoms with Gasteiger partial charge in [0.1, 0.15) is 11.1 Å². The van der Waals surface area contributed by atoms with Crippen LogP contribution < -0.4 is 9.47 Å². The van der Waals surface area contributed by atoms with Crippen molar-refractivity contribution in [2.45, 2.75) is 26.2 Å². The third kappa shape index (κ3) is 2.60. The molecule has 5 heteroatoms. The minimum Gasteiger partial charge on any atom is -0.454 e. The Hall–Kier alpha value is -2.32. The van der Waals surface area contributed by atoms with Gasteiger partial charge in [0.05, 0.1) is 5.56 Å². The van der Waals surface area contributed by atoms with E-state index in [4.69, 9.17) is 9.47 Å². The third-order valence-electron chi connectivity index (χ3n) is 4.33. The van der Waals surface area contributed by atoms with Gasteiger partial charge in [-0.2, -0.15) is 5.26 Å². The summed E-state index contributed by atoms with van der Waals surface area (Å²) in [6.45, 7) is 2.54. The summed E-state index contributed by atoms with van der Waals surface area (Å²) in [5.74, 6) is 2.20. The van der Waals surface area contributed by atoms with Crippen LogP contribution in [0.3, 0.4) is 0 Å². The molecule has 0 saturated heterocycles. The third-order valence-corrected chi connectivity index (χ3v) is 5.49. The van der Waals surface area contributed by atoms with Crippen LogP contribution in [0.2, 0.25) is 0 Å². The van der Waals surface area contributed by atoms with Crippen LogP contribution in [0.5, 0.6) is 11.5 Å². The molecule has 1 atom stereocenters. The van der Waals surface area contributed by atoms with E-state index in [0.29, 0.717) is 5.92 Å². The molecule has 0 spiro atoms. The molecule has 116 valence electrons. The summed E-state index contributed by atoms with van der Waals surface area (Å²) >= 11 is 1.66. The van der Waals surface area contributed by atoms with Crippen LogP contribution in [0.4, 0.5) is 5.00 Å². The number of fused-ring (bicyclic) bond motifs is 2. The second-order valence-corrected chi connectivity index (χ2v) is 7.10. The molecule has 2 aliphatic rings. The second kappa shape index (κ2) is 5.71. The van der Waals surface area contributed by atoms with Gasteiger partial charge in [-0.1, -0.05) is 6.92 Å². The zero-order chi connectivity index (χ0) is 15.8. The smallest absolute Gasteiger partial charge is 0.231 e. The normalized spacial score (nSPS) is 18.9. The molecule has 0 fully saturated rings. The number of nitrogens with zero attached hydrogens (tertiary/aromatic N) is 2. The summed E-state index contributed by atoms with van der Waals surface area (Å²) in [7, 11) is 0. The topological polar surface area (TPSA) is 54.6 Å². The molecule has 2 aromatic rings. The quantitative estimate of drug-likeness (QED) is 0.777. The number of ether oxygens (including phenoxy) is 2. The Bertz CT molecular complexity index is 832. The summed E-state index contributed by atoms with van der Waals surface area (Å²) in [4.78, 5) is 5.91. The SMILES string of the molecule is CC1CCc2c(sc(N=Cc3ccc4c(c3)OCO4)c2C#N)C1. The van der Waals surface area contributed by atoms with Gasteiger partial charge in [0.2, 0.25) is 6.79 Å². The van der Waals surface area contributed by atoms with E-state index in [1.165, 1.54) is 10.4 Å². The molecule has 1 aliphatic heterocycles. The molecule has 1 aromatic heterocycles. The van der Waals surface area contributed by atoms with E-state index in [-0.39, 0.29) is 6.79 Å². The van der Waals surface area contributed by atoms with E-state index in [9.17, 15) is 5.26 Å². The summed E-state index contributed by atoms with van der Waals surface area (Å²) < 4.78 is 10.7. The summed E-state index contributed by atoms with van der Waals surface area (Å²) in [5.41, 5.74) is 2.92. The number of aliphatic imine (C=N–C) groups is 1. The van der Waals surface area contributed by atoms with Crippen LogP contribution in [0.25, 0.3) is 0 Å². The van der Waals surface area contributed by atoms with Crippen molar-refractivity contribution in [3.8, 4) is 17.6 Å². The molecule has 4 nitrogen and oxygen atoms in total. The molecular weight excluding hydrogens is 308 g/mol. The van der Waals surface area contributed by atoms with Crippen molar-refractivity contribution in [2.75, 3.05) is 6.79 Å². The van der Waals surface area contributed by atoms with Gasteiger partial charge in [-0.15, -0.1) is 11.3 Å². The summed E-state index contributed by atoms with van der Waals surface area (Å²) in [6, 6.07) is 8.09. The fraction of sp³-hybridized carbons (Fsp3) is 0.333. The standard InChI is InChI=1S/C18H16N2O2S/c1-11-2-4-13-14(8-19)18(23-17(13)6-11)20-9-12-3-5-15-16(7-12)22-10-21-15/h3,5,7,9,11H,2,4,6,10H2,1H3. The summed E-state index contributed by atoms with van der Waals surface area (Å²) in [5, 5.41) is 10.3. The van der Waals surface area contributed by atoms with Crippen molar-refractivity contribution in [3.05, 3.63) is 39.8 Å². The van der Waals surface area contributed by atoms with Crippen LogP contribution in [0.15, 0.2) is 23.2 Å². The zero-order valence-electron chi connectivity index (χ0n) is 12.8. The van der Waals surface area contributed by atoms with Crippen LogP contribution >= 0.6 is 11.3 Å². The van der Waals surface area contributed by atoms with Crippen molar-refractivity contribution in [3.63, 3.8) is 0 Å². The maximum Gasteiger partial charge on any atom is 0.231 e. The zero-order valence-corrected chi connectivity index (χ0v) is 13.7. The Morgan fingerprint density at radius 1 is 1.35 bits per heavy atom. The van der Waals surface area contributed by atoms with Gasteiger partial charge in [-0.25, -0.2) is 4.99 Å². The van der Waals surface area contributed by atoms with Gasteiger partial charge in [0, 0.05) is 11.1 Å². The Kier molecular flexibility index (Phi) is 3.55. The van der Waals surface area contributed by atoms with Crippen LogP contribution in [-0.2, 0) is 12.8 Å². The molecule has 1 aliphatic carbocycles. The molecule has 0 amide bonds. The minimum absolute atomic E-state index is 0.268.